The van der Waals surface area contributed by atoms with E-state index in [1.807, 2.05) is 6.26 Å². The Labute approximate surface area is 133 Å². The highest BCUT2D eigenvalue weighted by molar-refractivity contribution is 8.00. The van der Waals surface area contributed by atoms with Crippen LogP contribution in [0, 0.1) is 21.4 Å². The van der Waals surface area contributed by atoms with Gasteiger partial charge in [-0.3, -0.25) is 15.0 Å². The quantitative estimate of drug-likeness (QED) is 0.626. The zero-order valence-electron chi connectivity index (χ0n) is 11.7. The van der Waals surface area contributed by atoms with Crippen molar-refractivity contribution in [2.24, 2.45) is 0 Å². The predicted octanol–water partition coefficient (Wildman–Crippen LogP) is 3.47. The van der Waals surface area contributed by atoms with E-state index in [2.05, 4.69) is 11.0 Å². The summed E-state index contributed by atoms with van der Waals surface area (Å²) >= 11 is 7.74. The molecule has 0 N–H and O–H groups in total. The maximum atomic E-state index is 10.7. The summed E-state index contributed by atoms with van der Waals surface area (Å²) in [5.74, 6) is 0. The molecule has 21 heavy (non-hydrogen) atoms. The van der Waals surface area contributed by atoms with Crippen LogP contribution >= 0.6 is 23.4 Å². The molecule has 1 saturated heterocycles. The molecule has 0 unspecified atom stereocenters. The van der Waals surface area contributed by atoms with Gasteiger partial charge in [0.1, 0.15) is 4.75 Å². The molecule has 0 aliphatic carbocycles. The number of rotatable bonds is 4. The molecule has 0 atom stereocenters. The molecule has 1 aliphatic heterocycles. The highest BCUT2D eigenvalue weighted by Crippen LogP contribution is 2.34. The van der Waals surface area contributed by atoms with Crippen LogP contribution in [0.25, 0.3) is 0 Å². The number of nitro groups is 1. The number of thioether (sulfide) groups is 1. The first kappa shape index (κ1) is 16.1. The van der Waals surface area contributed by atoms with Crippen LogP contribution in [0.2, 0.25) is 5.02 Å². The van der Waals surface area contributed by atoms with Gasteiger partial charge in [0.25, 0.3) is 5.69 Å². The lowest BCUT2D eigenvalue weighted by molar-refractivity contribution is -0.384. The van der Waals surface area contributed by atoms with Gasteiger partial charge >= 0.3 is 0 Å². The average Bonchev–Trinajstić information content (AvgIpc) is 2.50. The van der Waals surface area contributed by atoms with Gasteiger partial charge < -0.3 is 0 Å². The number of hydrogen-bond acceptors (Lipinski definition) is 5. The zero-order valence-corrected chi connectivity index (χ0v) is 13.3. The topological polar surface area (TPSA) is 70.2 Å². The van der Waals surface area contributed by atoms with E-state index < -0.39 is 4.92 Å². The second-order valence-electron chi connectivity index (χ2n) is 5.12. The third-order valence-electron chi connectivity index (χ3n) is 3.90. The molecule has 5 nitrogen and oxygen atoms in total. The monoisotopic (exact) mass is 325 g/mol. The molecule has 112 valence electrons. The van der Waals surface area contributed by atoms with Crippen molar-refractivity contribution in [2.45, 2.75) is 24.1 Å². The fourth-order valence-electron chi connectivity index (χ4n) is 2.45. The number of benzene rings is 1. The minimum atomic E-state index is -0.448. The fourth-order valence-corrected chi connectivity index (χ4v) is 3.37. The fraction of sp³-hybridized carbons (Fsp3) is 0.500. The van der Waals surface area contributed by atoms with Gasteiger partial charge in [0.15, 0.2) is 0 Å². The van der Waals surface area contributed by atoms with E-state index in [1.165, 1.54) is 12.1 Å². The number of hydrogen-bond donors (Lipinski definition) is 0. The molecule has 1 heterocycles. The maximum absolute atomic E-state index is 10.7. The minimum Gasteiger partial charge on any atom is -0.299 e. The summed E-state index contributed by atoms with van der Waals surface area (Å²) in [4.78, 5) is 12.5. The number of piperidine rings is 1. The van der Waals surface area contributed by atoms with Crippen LogP contribution in [0.5, 0.6) is 0 Å². The van der Waals surface area contributed by atoms with Crippen LogP contribution in [0.3, 0.4) is 0 Å². The van der Waals surface area contributed by atoms with Gasteiger partial charge in [-0.25, -0.2) is 0 Å². The Morgan fingerprint density at radius 3 is 2.67 bits per heavy atom. The Morgan fingerprint density at radius 2 is 2.19 bits per heavy atom. The Morgan fingerprint density at radius 1 is 1.52 bits per heavy atom. The third-order valence-corrected chi connectivity index (χ3v) is 5.53. The van der Waals surface area contributed by atoms with Crippen molar-refractivity contribution in [2.75, 3.05) is 19.3 Å². The highest BCUT2D eigenvalue weighted by Gasteiger charge is 2.33. The Hall–Kier alpha value is -1.29. The van der Waals surface area contributed by atoms with E-state index in [4.69, 9.17) is 11.6 Å². The first-order valence-corrected chi connectivity index (χ1v) is 8.21. The van der Waals surface area contributed by atoms with Crippen molar-refractivity contribution in [1.29, 1.82) is 5.26 Å². The van der Waals surface area contributed by atoms with Gasteiger partial charge in [0, 0.05) is 31.8 Å². The molecular weight excluding hydrogens is 310 g/mol. The van der Waals surface area contributed by atoms with Gasteiger partial charge in [-0.1, -0.05) is 11.6 Å². The highest BCUT2D eigenvalue weighted by atomic mass is 35.5. The Kier molecular flexibility index (Phi) is 5.09. The number of non-ortho nitro benzene ring substituents is 1. The second-order valence-corrected chi connectivity index (χ2v) is 6.72. The lowest BCUT2D eigenvalue weighted by Gasteiger charge is -2.36. The Bertz CT molecular complexity index is 580. The molecule has 0 amide bonds. The summed E-state index contributed by atoms with van der Waals surface area (Å²) in [7, 11) is 0. The maximum Gasteiger partial charge on any atom is 0.270 e. The molecule has 0 spiro atoms. The number of nitro benzene ring substituents is 1. The van der Waals surface area contributed by atoms with Crippen molar-refractivity contribution in [3.63, 3.8) is 0 Å². The lowest BCUT2D eigenvalue weighted by atomic mass is 9.97. The molecule has 0 saturated carbocycles. The molecule has 1 fully saturated rings. The number of nitrogens with zero attached hydrogens (tertiary/aromatic N) is 3. The van der Waals surface area contributed by atoms with Crippen LogP contribution in [0.1, 0.15) is 18.4 Å². The van der Waals surface area contributed by atoms with E-state index >= 15 is 0 Å². The minimum absolute atomic E-state index is 0.00766. The van der Waals surface area contributed by atoms with Gasteiger partial charge in [0.2, 0.25) is 0 Å². The summed E-state index contributed by atoms with van der Waals surface area (Å²) in [5.41, 5.74) is 0.893. The van der Waals surface area contributed by atoms with E-state index in [1.54, 1.807) is 17.8 Å². The smallest absolute Gasteiger partial charge is 0.270 e. The van der Waals surface area contributed by atoms with Crippen LogP contribution in [-0.4, -0.2) is 33.9 Å². The van der Waals surface area contributed by atoms with Crippen LogP contribution in [0.15, 0.2) is 18.2 Å². The zero-order chi connectivity index (χ0) is 15.5. The van der Waals surface area contributed by atoms with Crippen molar-refractivity contribution in [3.05, 3.63) is 38.9 Å². The Balaban J connectivity index is 2.01. The average molecular weight is 326 g/mol. The van der Waals surface area contributed by atoms with Crippen molar-refractivity contribution in [3.8, 4) is 6.07 Å². The summed E-state index contributed by atoms with van der Waals surface area (Å²) < 4.78 is -0.268. The molecule has 1 aromatic carbocycles. The standard InChI is InChI=1S/C14H16ClN3O2S/c1-21-14(10-16)4-6-17(7-5-14)9-11-2-3-12(18(19)20)8-13(11)15/h2-3,8H,4-7,9H2,1H3. The molecule has 0 bridgehead atoms. The van der Waals surface area contributed by atoms with Gasteiger partial charge in [-0.05, 0) is 30.7 Å². The van der Waals surface area contributed by atoms with Crippen molar-refractivity contribution >= 4 is 29.1 Å². The first-order valence-electron chi connectivity index (χ1n) is 6.61. The van der Waals surface area contributed by atoms with E-state index in [9.17, 15) is 15.4 Å². The summed E-state index contributed by atoms with van der Waals surface area (Å²) in [6.07, 6.45) is 3.64. The number of likely N-dealkylation sites (tertiary alicyclic amines) is 1. The van der Waals surface area contributed by atoms with Gasteiger partial charge in [-0.15, -0.1) is 11.8 Å². The lowest BCUT2D eigenvalue weighted by Crippen LogP contribution is -2.41. The van der Waals surface area contributed by atoms with Crippen molar-refractivity contribution < 1.29 is 4.92 Å². The molecular formula is C14H16ClN3O2S. The van der Waals surface area contributed by atoms with Gasteiger partial charge in [0.05, 0.1) is 16.0 Å². The third kappa shape index (κ3) is 3.67. The number of nitriles is 1. The molecule has 2 rings (SSSR count). The normalized spacial score (nSPS) is 18.1. The van der Waals surface area contributed by atoms with E-state index in [-0.39, 0.29) is 10.4 Å². The SMILES string of the molecule is CSC1(C#N)CCN(Cc2ccc([N+](=O)[O-])cc2Cl)CC1. The molecule has 7 heteroatoms. The summed E-state index contributed by atoms with van der Waals surface area (Å²) in [6, 6.07) is 7.00. The molecule has 0 radical (unpaired) electrons. The van der Waals surface area contributed by atoms with Gasteiger partial charge in [-0.2, -0.15) is 5.26 Å². The summed E-state index contributed by atoms with van der Waals surface area (Å²) in [6.45, 7) is 2.33. The number of halogens is 1. The van der Waals surface area contributed by atoms with Crippen molar-refractivity contribution in [1.82, 2.24) is 4.90 Å². The summed E-state index contributed by atoms with van der Waals surface area (Å²) in [5, 5.41) is 20.4. The second kappa shape index (κ2) is 6.65. The molecule has 1 aliphatic rings. The van der Waals surface area contributed by atoms with Crippen LogP contribution < -0.4 is 0 Å². The molecule has 1 aromatic rings. The van der Waals surface area contributed by atoms with Crippen LogP contribution in [0.4, 0.5) is 5.69 Å². The predicted molar refractivity (Wildman–Crippen MR) is 84.5 cm³/mol. The van der Waals surface area contributed by atoms with Crippen LogP contribution in [-0.2, 0) is 6.54 Å². The first-order chi connectivity index (χ1) is 9.99. The largest absolute Gasteiger partial charge is 0.299 e. The van der Waals surface area contributed by atoms with E-state index in [0.29, 0.717) is 11.6 Å². The van der Waals surface area contributed by atoms with E-state index in [0.717, 1.165) is 31.5 Å². The molecule has 0 aromatic heterocycles.